The summed E-state index contributed by atoms with van der Waals surface area (Å²) in [5.74, 6) is 0.279. The van der Waals surface area contributed by atoms with Gasteiger partial charge < -0.3 is 10.1 Å². The molecule has 8 heteroatoms. The molecule has 0 aliphatic carbocycles. The van der Waals surface area contributed by atoms with Crippen molar-refractivity contribution in [3.05, 3.63) is 99.0 Å². The van der Waals surface area contributed by atoms with E-state index in [9.17, 15) is 14.4 Å². The van der Waals surface area contributed by atoms with E-state index in [2.05, 4.69) is 10.3 Å². The molecular weight excluding hydrogens is 420 g/mol. The van der Waals surface area contributed by atoms with Gasteiger partial charge in [0, 0.05) is 6.20 Å². The maximum Gasteiger partial charge on any atom is 0.336 e. The molecule has 4 rings (SSSR count). The minimum atomic E-state index is -0.589. The fourth-order valence-electron chi connectivity index (χ4n) is 3.62. The van der Waals surface area contributed by atoms with Crippen molar-refractivity contribution in [2.75, 3.05) is 6.61 Å². The van der Waals surface area contributed by atoms with Crippen LogP contribution in [-0.2, 0) is 17.9 Å². The van der Waals surface area contributed by atoms with Crippen LogP contribution in [0.3, 0.4) is 0 Å². The molecule has 0 bridgehead atoms. The van der Waals surface area contributed by atoms with Gasteiger partial charge in [-0.1, -0.05) is 17.7 Å². The maximum absolute atomic E-state index is 13.4. The van der Waals surface area contributed by atoms with Gasteiger partial charge in [-0.05, 0) is 62.4 Å². The number of carbonyl (C=O) groups excluding carboxylic acids is 1. The van der Waals surface area contributed by atoms with Crippen molar-refractivity contribution < 1.29 is 9.53 Å². The number of aromatic nitrogens is 3. The predicted octanol–water partition coefficient (Wildman–Crippen LogP) is 2.57. The molecule has 0 saturated carbocycles. The minimum absolute atomic E-state index is 0.234. The van der Waals surface area contributed by atoms with Crippen LogP contribution in [0, 0.1) is 6.92 Å². The molecule has 1 amide bonds. The molecule has 2 aromatic carbocycles. The third-order valence-electron chi connectivity index (χ3n) is 5.20. The third-order valence-corrected chi connectivity index (χ3v) is 5.20. The van der Waals surface area contributed by atoms with E-state index < -0.39 is 11.2 Å². The summed E-state index contributed by atoms with van der Waals surface area (Å²) < 4.78 is 7.86. The van der Waals surface area contributed by atoms with Crippen molar-refractivity contribution in [3.8, 4) is 11.4 Å². The van der Waals surface area contributed by atoms with Gasteiger partial charge >= 0.3 is 5.69 Å². The van der Waals surface area contributed by atoms with Gasteiger partial charge in [-0.2, -0.15) is 0 Å². The second-order valence-corrected chi connectivity index (χ2v) is 7.55. The minimum Gasteiger partial charge on any atom is -0.494 e. The Balaban J connectivity index is 1.76. The maximum atomic E-state index is 13.4. The van der Waals surface area contributed by atoms with Gasteiger partial charge in [0.15, 0.2) is 0 Å². The summed E-state index contributed by atoms with van der Waals surface area (Å²) in [6.45, 7) is 4.26. The molecule has 0 aliphatic heterocycles. The Kier molecular flexibility index (Phi) is 6.35. The number of benzene rings is 2. The summed E-state index contributed by atoms with van der Waals surface area (Å²) in [5.41, 5.74) is 1.37. The van der Waals surface area contributed by atoms with E-state index in [0.29, 0.717) is 34.6 Å². The van der Waals surface area contributed by atoms with E-state index in [1.807, 2.05) is 26.0 Å². The fraction of sp³-hybridized carbons (Fsp3) is 0.200. The van der Waals surface area contributed by atoms with Crippen LogP contribution < -0.4 is 21.3 Å². The third kappa shape index (κ3) is 4.69. The van der Waals surface area contributed by atoms with Crippen molar-refractivity contribution in [2.45, 2.75) is 26.9 Å². The number of fused-ring (bicyclic) bond motifs is 1. The Hall–Kier alpha value is -4.20. The average molecular weight is 444 g/mol. The lowest BCUT2D eigenvalue weighted by molar-refractivity contribution is -0.121. The molecule has 8 nitrogen and oxygen atoms in total. The quantitative estimate of drug-likeness (QED) is 0.473. The highest BCUT2D eigenvalue weighted by molar-refractivity contribution is 5.82. The first kappa shape index (κ1) is 22.0. The summed E-state index contributed by atoms with van der Waals surface area (Å²) in [4.78, 5) is 43.6. The zero-order valence-electron chi connectivity index (χ0n) is 18.4. The molecule has 0 saturated heterocycles. The molecule has 0 radical (unpaired) electrons. The fourth-order valence-corrected chi connectivity index (χ4v) is 3.62. The van der Waals surface area contributed by atoms with Crippen molar-refractivity contribution in [1.82, 2.24) is 19.4 Å². The number of hydrogen-bond donors (Lipinski definition) is 1. The number of aryl methyl sites for hydroxylation is 1. The monoisotopic (exact) mass is 444 g/mol. The first-order valence-corrected chi connectivity index (χ1v) is 10.6. The molecule has 4 aromatic rings. The van der Waals surface area contributed by atoms with Crippen LogP contribution in [-0.4, -0.2) is 26.6 Å². The van der Waals surface area contributed by atoms with Crippen LogP contribution >= 0.6 is 0 Å². The molecule has 0 spiro atoms. The summed E-state index contributed by atoms with van der Waals surface area (Å²) in [6.07, 6.45) is 1.65. The van der Waals surface area contributed by atoms with Crippen LogP contribution in [0.5, 0.6) is 5.75 Å². The van der Waals surface area contributed by atoms with E-state index in [1.165, 1.54) is 4.57 Å². The highest BCUT2D eigenvalue weighted by atomic mass is 16.5. The summed E-state index contributed by atoms with van der Waals surface area (Å²) in [6, 6.07) is 17.4. The number of rotatable bonds is 7. The molecule has 2 aromatic heterocycles. The molecule has 0 atom stereocenters. The molecular formula is C25H24N4O4. The zero-order valence-corrected chi connectivity index (χ0v) is 18.4. The molecule has 33 heavy (non-hydrogen) atoms. The second kappa shape index (κ2) is 9.52. The van der Waals surface area contributed by atoms with E-state index >= 15 is 0 Å². The van der Waals surface area contributed by atoms with Crippen LogP contribution in [0.1, 0.15) is 18.2 Å². The smallest absolute Gasteiger partial charge is 0.336 e. The Bertz CT molecular complexity index is 1410. The van der Waals surface area contributed by atoms with E-state index in [4.69, 9.17) is 4.74 Å². The molecule has 0 unspecified atom stereocenters. The number of carbonyl (C=O) groups is 1. The van der Waals surface area contributed by atoms with E-state index in [0.717, 1.165) is 10.1 Å². The summed E-state index contributed by atoms with van der Waals surface area (Å²) in [5, 5.41) is 3.14. The van der Waals surface area contributed by atoms with Gasteiger partial charge in [0.05, 0.1) is 35.4 Å². The van der Waals surface area contributed by atoms with Gasteiger partial charge in [-0.3, -0.25) is 19.1 Å². The Morgan fingerprint density at radius 1 is 1.06 bits per heavy atom. The lowest BCUT2D eigenvalue weighted by atomic mass is 10.1. The van der Waals surface area contributed by atoms with Crippen molar-refractivity contribution >= 4 is 16.8 Å². The zero-order chi connectivity index (χ0) is 23.4. The highest BCUT2D eigenvalue weighted by Crippen LogP contribution is 2.16. The van der Waals surface area contributed by atoms with Crippen molar-refractivity contribution in [2.24, 2.45) is 0 Å². The van der Waals surface area contributed by atoms with Crippen LogP contribution in [0.25, 0.3) is 16.6 Å². The van der Waals surface area contributed by atoms with Crippen LogP contribution in [0.4, 0.5) is 0 Å². The number of amides is 1. The molecule has 168 valence electrons. The Labute approximate surface area is 190 Å². The number of nitrogens with one attached hydrogen (secondary N) is 1. The normalized spacial score (nSPS) is 10.8. The SMILES string of the molecule is CCOc1ccc(-n2c(=O)c3cc(C)ccc3n(CC(=O)NCc3ccccn3)c2=O)cc1. The Morgan fingerprint density at radius 2 is 1.85 bits per heavy atom. The van der Waals surface area contributed by atoms with Crippen LogP contribution in [0.2, 0.25) is 0 Å². The van der Waals surface area contributed by atoms with Crippen molar-refractivity contribution in [1.29, 1.82) is 0 Å². The highest BCUT2D eigenvalue weighted by Gasteiger charge is 2.17. The predicted molar refractivity (Wildman–Crippen MR) is 126 cm³/mol. The van der Waals surface area contributed by atoms with Crippen molar-refractivity contribution in [3.63, 3.8) is 0 Å². The second-order valence-electron chi connectivity index (χ2n) is 7.55. The summed E-state index contributed by atoms with van der Waals surface area (Å²) >= 11 is 0. The van der Waals surface area contributed by atoms with E-state index in [1.54, 1.807) is 54.7 Å². The number of pyridine rings is 1. The standard InChI is InChI=1S/C25H24N4O4/c1-3-33-20-10-8-19(9-11-20)29-24(31)21-14-17(2)7-12-22(21)28(25(29)32)16-23(30)27-15-18-6-4-5-13-26-18/h4-14H,3,15-16H2,1-2H3,(H,27,30). The van der Waals surface area contributed by atoms with E-state index in [-0.39, 0.29) is 19.0 Å². The average Bonchev–Trinajstić information content (AvgIpc) is 2.82. The lowest BCUT2D eigenvalue weighted by Crippen LogP contribution is -2.41. The lowest BCUT2D eigenvalue weighted by Gasteiger charge is -2.15. The molecule has 2 heterocycles. The summed E-state index contributed by atoms with van der Waals surface area (Å²) in [7, 11) is 0. The number of ether oxygens (including phenoxy) is 1. The van der Waals surface area contributed by atoms with Crippen LogP contribution in [0.15, 0.2) is 76.4 Å². The number of hydrogen-bond acceptors (Lipinski definition) is 5. The van der Waals surface area contributed by atoms with Gasteiger partial charge in [-0.25, -0.2) is 9.36 Å². The van der Waals surface area contributed by atoms with Gasteiger partial charge in [0.1, 0.15) is 12.3 Å². The first-order valence-electron chi connectivity index (χ1n) is 10.6. The van der Waals surface area contributed by atoms with Gasteiger partial charge in [0.2, 0.25) is 5.91 Å². The molecule has 0 aliphatic rings. The largest absolute Gasteiger partial charge is 0.494 e. The van der Waals surface area contributed by atoms with Gasteiger partial charge in [-0.15, -0.1) is 0 Å². The van der Waals surface area contributed by atoms with Gasteiger partial charge in [0.25, 0.3) is 5.56 Å². The first-order chi connectivity index (χ1) is 16.0. The Morgan fingerprint density at radius 3 is 2.55 bits per heavy atom. The number of nitrogens with zero attached hydrogens (tertiary/aromatic N) is 3. The topological polar surface area (TPSA) is 95.2 Å². The molecule has 1 N–H and O–H groups in total. The molecule has 0 fully saturated rings.